The van der Waals surface area contributed by atoms with Crippen LogP contribution in [0.15, 0.2) is 0 Å². The molecule has 8 heteroatoms. The van der Waals surface area contributed by atoms with Crippen LogP contribution in [-0.4, -0.2) is 61.5 Å². The van der Waals surface area contributed by atoms with Crippen molar-refractivity contribution < 1.29 is 28.7 Å². The Bertz CT molecular complexity index is 648. The van der Waals surface area contributed by atoms with Crippen molar-refractivity contribution in [2.24, 2.45) is 16.7 Å². The Balaban J connectivity index is 2.02. The zero-order chi connectivity index (χ0) is 24.4. The first-order valence-corrected chi connectivity index (χ1v) is 11.7. The van der Waals surface area contributed by atoms with Crippen LogP contribution < -0.4 is 5.32 Å². The Hall–Kier alpha value is -1.96. The fourth-order valence-electron chi connectivity index (χ4n) is 3.46. The Morgan fingerprint density at radius 3 is 2.28 bits per heavy atom. The second-order valence-corrected chi connectivity index (χ2v) is 10.7. The maximum Gasteiger partial charge on any atom is 0.305 e. The highest BCUT2D eigenvalue weighted by Crippen LogP contribution is 2.35. The van der Waals surface area contributed by atoms with Gasteiger partial charge in [-0.3, -0.25) is 24.1 Å². The van der Waals surface area contributed by atoms with Gasteiger partial charge in [0.2, 0.25) is 17.7 Å². The van der Waals surface area contributed by atoms with Crippen LogP contribution in [0.4, 0.5) is 0 Å². The number of amides is 3. The summed E-state index contributed by atoms with van der Waals surface area (Å²) in [5.74, 6) is -0.703. The van der Waals surface area contributed by atoms with Crippen LogP contribution in [0.25, 0.3) is 0 Å². The molecule has 1 N–H and O–H groups in total. The largest absolute Gasteiger partial charge is 0.463 e. The van der Waals surface area contributed by atoms with Crippen molar-refractivity contribution in [2.75, 3.05) is 32.9 Å². The lowest BCUT2D eigenvalue weighted by molar-refractivity contribution is -0.145. The van der Waals surface area contributed by atoms with Crippen molar-refractivity contribution in [1.29, 1.82) is 0 Å². The van der Waals surface area contributed by atoms with Gasteiger partial charge in [-0.05, 0) is 30.1 Å². The molecule has 3 amide bonds. The summed E-state index contributed by atoms with van der Waals surface area (Å²) in [6, 6.07) is 0. The third-order valence-electron chi connectivity index (χ3n) is 5.27. The predicted octanol–water partition coefficient (Wildman–Crippen LogP) is 3.08. The summed E-state index contributed by atoms with van der Waals surface area (Å²) in [6.45, 7) is 13.8. The molecule has 1 atom stereocenters. The normalized spacial score (nSPS) is 17.1. The molecule has 1 heterocycles. The van der Waals surface area contributed by atoms with Crippen molar-refractivity contribution >= 4 is 23.7 Å². The molecule has 1 rings (SSSR count). The summed E-state index contributed by atoms with van der Waals surface area (Å²) in [6.07, 6.45) is 2.96. The SMILES string of the molecule is CC(C)(C)CC(=O)NCCCC(=O)OCCOCCCCN1C(=O)CC(C(C)(C)C)C1=O. The molecule has 1 aliphatic rings. The standard InChI is InChI=1S/C24H42N2O6/c1-23(2,3)17-19(27)25-11-9-10-21(29)32-15-14-31-13-8-7-12-26-20(28)16-18(22(26)30)24(4,5)6/h18H,7-17H2,1-6H3,(H,25,27). The Kier molecular flexibility index (Phi) is 11.3. The van der Waals surface area contributed by atoms with Crippen molar-refractivity contribution in [2.45, 2.75) is 80.1 Å². The van der Waals surface area contributed by atoms with Crippen LogP contribution in [0.3, 0.4) is 0 Å². The number of carbonyl (C=O) groups is 4. The molecule has 0 aromatic carbocycles. The van der Waals surface area contributed by atoms with E-state index < -0.39 is 0 Å². The molecule has 184 valence electrons. The molecule has 8 nitrogen and oxygen atoms in total. The van der Waals surface area contributed by atoms with Gasteiger partial charge in [-0.2, -0.15) is 0 Å². The Labute approximate surface area is 192 Å². The van der Waals surface area contributed by atoms with E-state index in [0.29, 0.717) is 52.0 Å². The number of carbonyl (C=O) groups excluding carboxylic acids is 4. The summed E-state index contributed by atoms with van der Waals surface area (Å²) < 4.78 is 10.6. The van der Waals surface area contributed by atoms with E-state index >= 15 is 0 Å². The summed E-state index contributed by atoms with van der Waals surface area (Å²) in [4.78, 5) is 49.3. The molecule has 0 radical (unpaired) electrons. The summed E-state index contributed by atoms with van der Waals surface area (Å²) >= 11 is 0. The van der Waals surface area contributed by atoms with Crippen LogP contribution in [0.5, 0.6) is 0 Å². The van der Waals surface area contributed by atoms with Crippen LogP contribution in [0.1, 0.15) is 80.1 Å². The summed E-state index contributed by atoms with van der Waals surface area (Å²) in [7, 11) is 0. The first-order chi connectivity index (χ1) is 14.8. The molecule has 0 aromatic heterocycles. The molecule has 1 saturated heterocycles. The average molecular weight is 455 g/mol. The highest BCUT2D eigenvalue weighted by Gasteiger charge is 2.44. The van der Waals surface area contributed by atoms with E-state index in [1.165, 1.54) is 4.90 Å². The van der Waals surface area contributed by atoms with E-state index in [0.717, 1.165) is 6.42 Å². The topological polar surface area (TPSA) is 102 Å². The molecular weight excluding hydrogens is 412 g/mol. The highest BCUT2D eigenvalue weighted by molar-refractivity contribution is 6.03. The van der Waals surface area contributed by atoms with Gasteiger partial charge < -0.3 is 14.8 Å². The van der Waals surface area contributed by atoms with Gasteiger partial charge in [0.1, 0.15) is 6.61 Å². The van der Waals surface area contributed by atoms with Crippen LogP contribution in [0, 0.1) is 16.7 Å². The minimum absolute atomic E-state index is 0.00764. The zero-order valence-corrected chi connectivity index (χ0v) is 20.8. The predicted molar refractivity (Wildman–Crippen MR) is 122 cm³/mol. The third kappa shape index (κ3) is 11.1. The van der Waals surface area contributed by atoms with Crippen molar-refractivity contribution in [3.05, 3.63) is 0 Å². The molecule has 0 aromatic rings. The minimum atomic E-state index is -0.307. The lowest BCUT2D eigenvalue weighted by atomic mass is 9.80. The van der Waals surface area contributed by atoms with E-state index in [-0.39, 0.29) is 53.5 Å². The molecule has 0 spiro atoms. The van der Waals surface area contributed by atoms with Crippen LogP contribution in [-0.2, 0) is 28.7 Å². The Morgan fingerprint density at radius 2 is 1.69 bits per heavy atom. The van der Waals surface area contributed by atoms with Crippen LogP contribution in [0.2, 0.25) is 0 Å². The van der Waals surface area contributed by atoms with Crippen molar-refractivity contribution in [1.82, 2.24) is 10.2 Å². The van der Waals surface area contributed by atoms with Crippen molar-refractivity contribution in [3.63, 3.8) is 0 Å². The molecule has 32 heavy (non-hydrogen) atoms. The Morgan fingerprint density at radius 1 is 1.00 bits per heavy atom. The fraction of sp³-hybridized carbons (Fsp3) is 0.833. The molecule has 0 bridgehead atoms. The zero-order valence-electron chi connectivity index (χ0n) is 20.8. The quantitative estimate of drug-likeness (QED) is 0.261. The third-order valence-corrected chi connectivity index (χ3v) is 5.27. The van der Waals surface area contributed by atoms with Gasteiger partial charge in [0.25, 0.3) is 0 Å². The molecule has 1 fully saturated rings. The highest BCUT2D eigenvalue weighted by atomic mass is 16.6. The molecule has 0 saturated carbocycles. The number of esters is 1. The molecular formula is C24H42N2O6. The number of ether oxygens (including phenoxy) is 2. The molecule has 1 unspecified atom stereocenters. The number of rotatable bonds is 13. The first-order valence-electron chi connectivity index (χ1n) is 11.7. The maximum absolute atomic E-state index is 12.4. The maximum atomic E-state index is 12.4. The first kappa shape index (κ1) is 28.1. The smallest absolute Gasteiger partial charge is 0.305 e. The van der Waals surface area contributed by atoms with Gasteiger partial charge in [-0.1, -0.05) is 41.5 Å². The monoisotopic (exact) mass is 454 g/mol. The molecule has 1 aliphatic heterocycles. The summed E-state index contributed by atoms with van der Waals surface area (Å²) in [5.41, 5.74) is -0.260. The van der Waals surface area contributed by atoms with E-state index in [2.05, 4.69) is 5.32 Å². The minimum Gasteiger partial charge on any atom is -0.463 e. The molecule has 0 aliphatic carbocycles. The number of nitrogens with zero attached hydrogens (tertiary/aromatic N) is 1. The van der Waals surface area contributed by atoms with E-state index in [1.807, 2.05) is 41.5 Å². The average Bonchev–Trinajstić information content (AvgIpc) is 2.94. The van der Waals surface area contributed by atoms with Crippen LogP contribution >= 0.6 is 0 Å². The number of hydrogen-bond acceptors (Lipinski definition) is 6. The lowest BCUT2D eigenvalue weighted by Gasteiger charge is -2.24. The van der Waals surface area contributed by atoms with Gasteiger partial charge in [-0.25, -0.2) is 0 Å². The van der Waals surface area contributed by atoms with Gasteiger partial charge in [0.05, 0.1) is 12.5 Å². The van der Waals surface area contributed by atoms with Gasteiger partial charge in [0, 0.05) is 39.0 Å². The number of imide groups is 1. The number of hydrogen-bond donors (Lipinski definition) is 1. The summed E-state index contributed by atoms with van der Waals surface area (Å²) in [5, 5.41) is 2.81. The van der Waals surface area contributed by atoms with Gasteiger partial charge in [0.15, 0.2) is 0 Å². The lowest BCUT2D eigenvalue weighted by Crippen LogP contribution is -2.34. The van der Waals surface area contributed by atoms with Crippen molar-refractivity contribution in [3.8, 4) is 0 Å². The van der Waals surface area contributed by atoms with E-state index in [4.69, 9.17) is 9.47 Å². The van der Waals surface area contributed by atoms with Gasteiger partial charge in [-0.15, -0.1) is 0 Å². The fourth-order valence-corrected chi connectivity index (χ4v) is 3.46. The second kappa shape index (κ2) is 12.9. The number of nitrogens with one attached hydrogen (secondary N) is 1. The van der Waals surface area contributed by atoms with Gasteiger partial charge >= 0.3 is 5.97 Å². The number of unbranched alkanes of at least 4 members (excludes halogenated alkanes) is 1. The number of likely N-dealkylation sites (tertiary alicyclic amines) is 1. The van der Waals surface area contributed by atoms with E-state index in [1.54, 1.807) is 0 Å². The second-order valence-electron chi connectivity index (χ2n) is 10.7. The van der Waals surface area contributed by atoms with E-state index in [9.17, 15) is 19.2 Å².